The molecule has 7 rings (SSSR count). The maximum Gasteiger partial charge on any atom is 0.320 e. The smallest absolute Gasteiger partial charge is 0.320 e. The first-order valence-electron chi connectivity index (χ1n) is 15.5. The average Bonchev–Trinajstić information content (AvgIpc) is 3.76. The van der Waals surface area contributed by atoms with Crippen LogP contribution in [0.5, 0.6) is 0 Å². The Morgan fingerprint density at radius 1 is 1.14 bits per heavy atom. The van der Waals surface area contributed by atoms with E-state index in [4.69, 9.17) is 10.3 Å². The fourth-order valence-electron chi connectivity index (χ4n) is 7.32. The van der Waals surface area contributed by atoms with Crippen molar-refractivity contribution in [3.63, 3.8) is 0 Å². The Kier molecular flexibility index (Phi) is 7.37. The number of hydrogen-bond donors (Lipinski definition) is 5. The van der Waals surface area contributed by atoms with Gasteiger partial charge in [0.25, 0.3) is 5.95 Å². The molecule has 5 heterocycles. The lowest BCUT2D eigenvalue weighted by Crippen LogP contribution is -2.58. The fourth-order valence-corrected chi connectivity index (χ4v) is 7.32. The van der Waals surface area contributed by atoms with Gasteiger partial charge in [-0.1, -0.05) is 43.3 Å². The first-order valence-corrected chi connectivity index (χ1v) is 15.5. The van der Waals surface area contributed by atoms with Gasteiger partial charge in [0.2, 0.25) is 5.91 Å². The Hall–Kier alpha value is -4.58. The van der Waals surface area contributed by atoms with Crippen LogP contribution < -0.4 is 26.6 Å². The number of aromatic nitrogens is 3. The number of anilines is 3. The van der Waals surface area contributed by atoms with Gasteiger partial charge in [-0.25, -0.2) is 4.79 Å². The van der Waals surface area contributed by atoms with Gasteiger partial charge in [0.05, 0.1) is 0 Å². The molecule has 4 aromatic rings. The first-order chi connectivity index (χ1) is 21.4. The van der Waals surface area contributed by atoms with E-state index in [0.29, 0.717) is 25.6 Å². The van der Waals surface area contributed by atoms with Gasteiger partial charge in [0, 0.05) is 66.3 Å². The van der Waals surface area contributed by atoms with E-state index in [1.54, 1.807) is 0 Å². The van der Waals surface area contributed by atoms with Crippen molar-refractivity contribution in [1.82, 2.24) is 36.0 Å². The van der Waals surface area contributed by atoms with Crippen LogP contribution >= 0.6 is 0 Å². The number of para-hydroxylation sites is 2. The van der Waals surface area contributed by atoms with Gasteiger partial charge in [-0.2, -0.15) is 4.98 Å². The number of urea groups is 1. The summed E-state index contributed by atoms with van der Waals surface area (Å²) >= 11 is 0. The molecule has 2 saturated heterocycles. The van der Waals surface area contributed by atoms with Crippen molar-refractivity contribution in [2.24, 2.45) is 0 Å². The summed E-state index contributed by atoms with van der Waals surface area (Å²) in [5.74, 6) is 0.126. The molecule has 12 nitrogen and oxygen atoms in total. The number of fused-ring (bicyclic) bond motifs is 3. The van der Waals surface area contributed by atoms with Crippen LogP contribution in [-0.2, 0) is 10.2 Å². The number of amides is 3. The number of nitrogens with two attached hydrogens (primary N) is 1. The molecule has 2 aromatic heterocycles. The Labute approximate surface area is 255 Å². The summed E-state index contributed by atoms with van der Waals surface area (Å²) in [6.45, 7) is 5.53. The highest BCUT2D eigenvalue weighted by molar-refractivity contribution is 5.90. The molecule has 3 amide bonds. The number of nitrogens with zero attached hydrogens (tertiary/aromatic N) is 4. The molecule has 1 spiro atoms. The molecule has 44 heavy (non-hydrogen) atoms. The predicted octanol–water partition coefficient (Wildman–Crippen LogP) is 3.37. The number of hydrogen-bond acceptors (Lipinski definition) is 8. The molecule has 0 radical (unpaired) electrons. The van der Waals surface area contributed by atoms with Crippen molar-refractivity contribution >= 4 is 40.5 Å². The Morgan fingerprint density at radius 3 is 2.70 bits per heavy atom. The van der Waals surface area contributed by atoms with Crippen molar-refractivity contribution in [1.29, 1.82) is 0 Å². The number of piperidine rings is 2. The summed E-state index contributed by atoms with van der Waals surface area (Å²) in [4.78, 5) is 39.2. The maximum absolute atomic E-state index is 14.3. The normalized spacial score (nSPS) is 20.8. The number of aromatic amines is 1. The minimum absolute atomic E-state index is 0.0329. The number of H-pyrrole nitrogens is 1. The third-order valence-electron chi connectivity index (χ3n) is 9.73. The predicted molar refractivity (Wildman–Crippen MR) is 168 cm³/mol. The van der Waals surface area contributed by atoms with E-state index in [-0.39, 0.29) is 35.3 Å². The SMILES string of the molecule is C[C@H](c1c[nH]c2ccccc12)[C@@H](NC(=O)NC1CCCNC1)C(=O)N1CCC2(CC1)CN(c1noc(N)n1)c1ccccc12. The minimum atomic E-state index is -0.727. The number of likely N-dealkylation sites (tertiary alicyclic amines) is 1. The molecule has 0 bridgehead atoms. The second kappa shape index (κ2) is 11.5. The molecule has 0 saturated carbocycles. The van der Waals surface area contributed by atoms with Crippen molar-refractivity contribution in [2.45, 2.75) is 56.0 Å². The van der Waals surface area contributed by atoms with Crippen molar-refractivity contribution in [3.05, 3.63) is 65.9 Å². The van der Waals surface area contributed by atoms with E-state index in [2.05, 4.69) is 60.2 Å². The van der Waals surface area contributed by atoms with Crippen LogP contribution in [0.4, 0.5) is 22.4 Å². The van der Waals surface area contributed by atoms with Crippen LogP contribution in [0.15, 0.2) is 59.3 Å². The number of rotatable bonds is 6. The number of benzene rings is 2. The molecule has 1 unspecified atom stereocenters. The van der Waals surface area contributed by atoms with E-state index in [1.165, 1.54) is 5.56 Å². The van der Waals surface area contributed by atoms with E-state index in [1.807, 2.05) is 42.3 Å². The van der Waals surface area contributed by atoms with Crippen LogP contribution in [0, 0.1) is 0 Å². The lowest BCUT2D eigenvalue weighted by Gasteiger charge is -2.41. The van der Waals surface area contributed by atoms with E-state index in [9.17, 15) is 9.59 Å². The standard InChI is InChI=1S/C32H39N9O3/c1-20(23-18-35-25-10-4-2-8-22(23)25)27(37-31(43)36-21-7-6-14-34-17-21)28(42)40-15-12-32(13-16-40)19-41(30-38-29(33)44-39-30)26-11-5-3-9-24(26)32/h2-5,8-11,18,20-21,27,34-35H,6-7,12-17,19H2,1H3,(H2,33,38,39)(H2,36,37,43)/t20-,21?,27-/m1/s1. The van der Waals surface area contributed by atoms with Crippen LogP contribution in [0.3, 0.4) is 0 Å². The van der Waals surface area contributed by atoms with Gasteiger partial charge in [-0.05, 0) is 60.6 Å². The molecule has 6 N–H and O–H groups in total. The van der Waals surface area contributed by atoms with Gasteiger partial charge in [-0.15, -0.1) is 0 Å². The van der Waals surface area contributed by atoms with Crippen molar-refractivity contribution < 1.29 is 14.1 Å². The molecule has 3 aliphatic rings. The number of nitrogens with one attached hydrogen (secondary N) is 4. The zero-order chi connectivity index (χ0) is 30.3. The number of nitrogen functional groups attached to an aromatic ring is 1. The van der Waals surface area contributed by atoms with E-state index >= 15 is 0 Å². The molecule has 2 fully saturated rings. The summed E-state index contributed by atoms with van der Waals surface area (Å²) in [5, 5.41) is 14.6. The molecule has 230 valence electrons. The van der Waals surface area contributed by atoms with Crippen LogP contribution in [0.2, 0.25) is 0 Å². The van der Waals surface area contributed by atoms with Gasteiger partial charge < -0.3 is 41.0 Å². The highest BCUT2D eigenvalue weighted by Crippen LogP contribution is 2.49. The monoisotopic (exact) mass is 597 g/mol. The topological polar surface area (TPSA) is 157 Å². The summed E-state index contributed by atoms with van der Waals surface area (Å²) in [6, 6.07) is 15.4. The van der Waals surface area contributed by atoms with Gasteiger partial charge >= 0.3 is 12.0 Å². The molecule has 12 heteroatoms. The average molecular weight is 598 g/mol. The lowest BCUT2D eigenvalue weighted by molar-refractivity contribution is -0.135. The van der Waals surface area contributed by atoms with Crippen LogP contribution in [-0.4, -0.2) is 76.8 Å². The first kappa shape index (κ1) is 28.2. The minimum Gasteiger partial charge on any atom is -0.361 e. The summed E-state index contributed by atoms with van der Waals surface area (Å²) in [7, 11) is 0. The van der Waals surface area contributed by atoms with E-state index < -0.39 is 6.04 Å². The lowest BCUT2D eigenvalue weighted by atomic mass is 9.74. The second-order valence-electron chi connectivity index (χ2n) is 12.4. The third-order valence-corrected chi connectivity index (χ3v) is 9.73. The quantitative estimate of drug-likeness (QED) is 0.226. The summed E-state index contributed by atoms with van der Waals surface area (Å²) in [5.41, 5.74) is 9.84. The van der Waals surface area contributed by atoms with E-state index in [0.717, 1.165) is 60.9 Å². The van der Waals surface area contributed by atoms with Crippen LogP contribution in [0.1, 0.15) is 49.7 Å². The summed E-state index contributed by atoms with van der Waals surface area (Å²) in [6.07, 6.45) is 5.43. The molecular weight excluding hydrogens is 558 g/mol. The molecule has 0 aliphatic carbocycles. The molecular formula is C32H39N9O3. The van der Waals surface area contributed by atoms with Crippen molar-refractivity contribution in [2.75, 3.05) is 43.4 Å². The number of carbonyl (C=O) groups is 2. The van der Waals surface area contributed by atoms with Crippen LogP contribution in [0.25, 0.3) is 10.9 Å². The Bertz CT molecular complexity index is 1650. The van der Waals surface area contributed by atoms with Gasteiger partial charge in [-0.3, -0.25) is 4.79 Å². The zero-order valence-electron chi connectivity index (χ0n) is 24.9. The molecule has 2 aromatic carbocycles. The molecule has 3 atom stereocenters. The highest BCUT2D eigenvalue weighted by atomic mass is 16.5. The summed E-state index contributed by atoms with van der Waals surface area (Å²) < 4.78 is 5.08. The zero-order valence-corrected chi connectivity index (χ0v) is 24.9. The van der Waals surface area contributed by atoms with Gasteiger partial charge in [0.15, 0.2) is 0 Å². The molecule has 3 aliphatic heterocycles. The Balaban J connectivity index is 1.11. The van der Waals surface area contributed by atoms with Crippen molar-refractivity contribution in [3.8, 4) is 0 Å². The fraction of sp³-hybridized carbons (Fsp3) is 0.438. The maximum atomic E-state index is 14.3. The Morgan fingerprint density at radius 2 is 1.93 bits per heavy atom. The van der Waals surface area contributed by atoms with Gasteiger partial charge in [0.1, 0.15) is 6.04 Å². The second-order valence-corrected chi connectivity index (χ2v) is 12.4. The third kappa shape index (κ3) is 5.12. The largest absolute Gasteiger partial charge is 0.361 e. The number of carbonyl (C=O) groups excluding carboxylic acids is 2. The highest BCUT2D eigenvalue weighted by Gasteiger charge is 2.47.